The minimum atomic E-state index is -0.116. The van der Waals surface area contributed by atoms with Gasteiger partial charge in [-0.2, -0.15) is 4.98 Å². The zero-order chi connectivity index (χ0) is 21.9. The largest absolute Gasteiger partial charge is 0.467 e. The van der Waals surface area contributed by atoms with Crippen LogP contribution in [0.5, 0.6) is 0 Å². The van der Waals surface area contributed by atoms with E-state index in [1.54, 1.807) is 34.7 Å². The molecule has 160 valence electrons. The first-order valence-electron chi connectivity index (χ1n) is 9.83. The molecule has 0 aliphatic heterocycles. The molecule has 0 unspecified atom stereocenters. The number of fused-ring (bicyclic) bond motifs is 1. The molecular formula is C23H18N4O3S2. The topological polar surface area (TPSA) is 87.0 Å². The third kappa shape index (κ3) is 4.21. The number of thioether (sulfide) groups is 2. The molecule has 9 heteroatoms. The van der Waals surface area contributed by atoms with Crippen molar-refractivity contribution in [3.8, 4) is 11.4 Å². The second kappa shape index (κ2) is 9.05. The normalized spacial score (nSPS) is 11.3. The number of hydrogen-bond donors (Lipinski definition) is 0. The molecule has 0 spiro atoms. The average Bonchev–Trinajstić information content (AvgIpc) is 3.52. The van der Waals surface area contributed by atoms with Crippen molar-refractivity contribution >= 4 is 34.4 Å². The molecule has 0 aliphatic carbocycles. The van der Waals surface area contributed by atoms with Gasteiger partial charge in [0.25, 0.3) is 5.56 Å². The molecule has 0 amide bonds. The van der Waals surface area contributed by atoms with Gasteiger partial charge in [0.15, 0.2) is 5.16 Å². The lowest BCUT2D eigenvalue weighted by molar-refractivity contribution is 0.391. The van der Waals surface area contributed by atoms with Crippen LogP contribution >= 0.6 is 23.5 Å². The van der Waals surface area contributed by atoms with Crippen LogP contribution in [0, 0.1) is 0 Å². The van der Waals surface area contributed by atoms with E-state index < -0.39 is 0 Å². The Bertz CT molecular complexity index is 1410. The first kappa shape index (κ1) is 20.6. The number of nitrogens with zero attached hydrogens (tertiary/aromatic N) is 4. The molecule has 0 fully saturated rings. The maximum atomic E-state index is 13.1. The Hall–Kier alpha value is -3.30. The summed E-state index contributed by atoms with van der Waals surface area (Å²) in [5.41, 5.74) is 1.42. The van der Waals surface area contributed by atoms with Crippen LogP contribution in [0.15, 0.2) is 90.7 Å². The molecule has 0 N–H and O–H groups in total. The Morgan fingerprint density at radius 3 is 2.62 bits per heavy atom. The van der Waals surface area contributed by atoms with Crippen LogP contribution in [-0.2, 0) is 12.3 Å². The van der Waals surface area contributed by atoms with Crippen molar-refractivity contribution in [3.63, 3.8) is 0 Å². The van der Waals surface area contributed by atoms with E-state index in [9.17, 15) is 4.79 Å². The molecular weight excluding hydrogens is 444 g/mol. The summed E-state index contributed by atoms with van der Waals surface area (Å²) in [6, 6.07) is 18.9. The number of rotatable bonds is 7. The van der Waals surface area contributed by atoms with Gasteiger partial charge in [0.05, 0.1) is 29.5 Å². The fourth-order valence-electron chi connectivity index (χ4n) is 3.25. The number of furan rings is 1. The minimum absolute atomic E-state index is 0.116. The molecule has 0 saturated heterocycles. The standard InChI is InChI=1S/C23H18N4O3S2/c1-31-17-10-8-15(9-11-17)21-25-20(30-26-21)14-32-23-24-19-7-3-2-6-18(19)22(28)27(23)13-16-5-4-12-29-16/h2-12H,13-14H2,1H3. The summed E-state index contributed by atoms with van der Waals surface area (Å²) < 4.78 is 12.5. The highest BCUT2D eigenvalue weighted by atomic mass is 32.2. The van der Waals surface area contributed by atoms with Crippen LogP contribution in [0.2, 0.25) is 0 Å². The van der Waals surface area contributed by atoms with E-state index in [0.29, 0.717) is 45.8 Å². The van der Waals surface area contributed by atoms with Gasteiger partial charge in [-0.1, -0.05) is 29.1 Å². The van der Waals surface area contributed by atoms with Crippen molar-refractivity contribution < 1.29 is 8.94 Å². The average molecular weight is 463 g/mol. The molecule has 2 aromatic carbocycles. The van der Waals surface area contributed by atoms with E-state index >= 15 is 0 Å². The van der Waals surface area contributed by atoms with E-state index in [-0.39, 0.29) is 5.56 Å². The van der Waals surface area contributed by atoms with Crippen LogP contribution in [0.4, 0.5) is 0 Å². The highest BCUT2D eigenvalue weighted by Crippen LogP contribution is 2.25. The van der Waals surface area contributed by atoms with Crippen molar-refractivity contribution in [2.75, 3.05) is 6.26 Å². The Kier molecular flexibility index (Phi) is 5.83. The molecule has 0 saturated carbocycles. The zero-order valence-corrected chi connectivity index (χ0v) is 18.7. The highest BCUT2D eigenvalue weighted by molar-refractivity contribution is 7.98. The number of aromatic nitrogens is 4. The van der Waals surface area contributed by atoms with Crippen LogP contribution in [0.25, 0.3) is 22.3 Å². The van der Waals surface area contributed by atoms with E-state index in [0.717, 1.165) is 5.56 Å². The fraction of sp³-hybridized carbons (Fsp3) is 0.130. The lowest BCUT2D eigenvalue weighted by Gasteiger charge is -2.11. The first-order valence-corrected chi connectivity index (χ1v) is 12.0. The van der Waals surface area contributed by atoms with Crippen LogP contribution in [-0.4, -0.2) is 25.9 Å². The van der Waals surface area contributed by atoms with Gasteiger partial charge in [-0.15, -0.1) is 11.8 Å². The van der Waals surface area contributed by atoms with E-state index in [4.69, 9.17) is 13.9 Å². The lowest BCUT2D eigenvalue weighted by Crippen LogP contribution is -2.23. The maximum absolute atomic E-state index is 13.1. The van der Waals surface area contributed by atoms with Crippen molar-refractivity contribution in [1.29, 1.82) is 0 Å². The number of hydrogen-bond acceptors (Lipinski definition) is 8. The van der Waals surface area contributed by atoms with Crippen molar-refractivity contribution in [3.05, 3.63) is 88.9 Å². The second-order valence-electron chi connectivity index (χ2n) is 6.91. The highest BCUT2D eigenvalue weighted by Gasteiger charge is 2.15. The van der Waals surface area contributed by atoms with Crippen LogP contribution < -0.4 is 5.56 Å². The predicted octanol–water partition coefficient (Wildman–Crippen LogP) is 5.10. The van der Waals surface area contributed by atoms with Gasteiger partial charge in [0, 0.05) is 10.5 Å². The molecule has 0 atom stereocenters. The van der Waals surface area contributed by atoms with Crippen molar-refractivity contribution in [1.82, 2.24) is 19.7 Å². The van der Waals surface area contributed by atoms with Gasteiger partial charge < -0.3 is 8.94 Å². The zero-order valence-electron chi connectivity index (χ0n) is 17.1. The van der Waals surface area contributed by atoms with Gasteiger partial charge in [-0.05, 0) is 54.8 Å². The molecule has 3 aromatic heterocycles. The SMILES string of the molecule is CSc1ccc(-c2noc(CSc3nc4ccccc4c(=O)n3Cc3ccco3)n2)cc1. The molecule has 0 radical (unpaired) electrons. The lowest BCUT2D eigenvalue weighted by atomic mass is 10.2. The van der Waals surface area contributed by atoms with Crippen molar-refractivity contribution in [2.24, 2.45) is 0 Å². The summed E-state index contributed by atoms with van der Waals surface area (Å²) in [6.45, 7) is 0.295. The molecule has 32 heavy (non-hydrogen) atoms. The Labute approximate surface area is 191 Å². The molecule has 3 heterocycles. The summed E-state index contributed by atoms with van der Waals surface area (Å²) in [6.07, 6.45) is 3.62. The van der Waals surface area contributed by atoms with E-state index in [1.165, 1.54) is 16.7 Å². The summed E-state index contributed by atoms with van der Waals surface area (Å²) in [5, 5.41) is 5.23. The van der Waals surface area contributed by atoms with E-state index in [1.807, 2.05) is 54.8 Å². The third-order valence-electron chi connectivity index (χ3n) is 4.86. The molecule has 0 bridgehead atoms. The van der Waals surface area contributed by atoms with Gasteiger partial charge >= 0.3 is 0 Å². The Morgan fingerprint density at radius 2 is 1.84 bits per heavy atom. The minimum Gasteiger partial charge on any atom is -0.467 e. The number of benzene rings is 2. The summed E-state index contributed by atoms with van der Waals surface area (Å²) in [5.74, 6) is 2.07. The smallest absolute Gasteiger partial charge is 0.262 e. The van der Waals surface area contributed by atoms with Crippen LogP contribution in [0.3, 0.4) is 0 Å². The van der Waals surface area contributed by atoms with E-state index in [2.05, 4.69) is 10.1 Å². The monoisotopic (exact) mass is 462 g/mol. The fourth-order valence-corrected chi connectivity index (χ4v) is 4.50. The van der Waals surface area contributed by atoms with Gasteiger partial charge in [-0.25, -0.2) is 4.98 Å². The summed E-state index contributed by atoms with van der Waals surface area (Å²) in [4.78, 5) is 23.5. The molecule has 5 rings (SSSR count). The first-order chi connectivity index (χ1) is 15.7. The molecule has 5 aromatic rings. The van der Waals surface area contributed by atoms with Crippen LogP contribution in [0.1, 0.15) is 11.7 Å². The van der Waals surface area contributed by atoms with Gasteiger partial charge in [0.2, 0.25) is 11.7 Å². The van der Waals surface area contributed by atoms with Crippen molar-refractivity contribution in [2.45, 2.75) is 22.3 Å². The molecule has 0 aliphatic rings. The number of para-hydroxylation sites is 1. The second-order valence-corrected chi connectivity index (χ2v) is 8.73. The summed E-state index contributed by atoms with van der Waals surface area (Å²) in [7, 11) is 0. The quantitative estimate of drug-likeness (QED) is 0.244. The Balaban J connectivity index is 1.42. The molecule has 7 nitrogen and oxygen atoms in total. The summed E-state index contributed by atoms with van der Waals surface area (Å²) >= 11 is 3.05. The Morgan fingerprint density at radius 1 is 1.00 bits per heavy atom. The van der Waals surface area contributed by atoms with Gasteiger partial charge in [-0.3, -0.25) is 9.36 Å². The third-order valence-corrected chi connectivity index (χ3v) is 6.57. The predicted molar refractivity (Wildman–Crippen MR) is 125 cm³/mol. The van der Waals surface area contributed by atoms with Gasteiger partial charge in [0.1, 0.15) is 5.76 Å². The maximum Gasteiger partial charge on any atom is 0.262 e.